The van der Waals surface area contributed by atoms with Gasteiger partial charge in [0.05, 0.1) is 18.1 Å². The van der Waals surface area contributed by atoms with Crippen LogP contribution in [0.1, 0.15) is 18.9 Å². The molecule has 7 heteroatoms. The maximum Gasteiger partial charge on any atom is 0.308 e. The van der Waals surface area contributed by atoms with Crippen molar-refractivity contribution in [3.63, 3.8) is 0 Å². The van der Waals surface area contributed by atoms with Gasteiger partial charge in [0.1, 0.15) is 5.75 Å². The van der Waals surface area contributed by atoms with Gasteiger partial charge < -0.3 is 4.74 Å². The average molecular weight is 403 g/mol. The average Bonchev–Trinajstić information content (AvgIpc) is 3.23. The van der Waals surface area contributed by atoms with Crippen molar-refractivity contribution < 1.29 is 19.1 Å². The molecule has 4 rings (SSSR count). The van der Waals surface area contributed by atoms with E-state index in [9.17, 15) is 14.4 Å². The zero-order chi connectivity index (χ0) is 17.7. The van der Waals surface area contributed by atoms with Gasteiger partial charge in [0.2, 0.25) is 0 Å². The van der Waals surface area contributed by atoms with Crippen molar-refractivity contribution in [1.82, 2.24) is 5.01 Å². The van der Waals surface area contributed by atoms with Crippen LogP contribution in [0.3, 0.4) is 0 Å². The Bertz CT molecular complexity index is 817. The Kier molecular flexibility index (Phi) is 3.83. The molecule has 25 heavy (non-hydrogen) atoms. The Hall–Kier alpha value is -2.28. The van der Waals surface area contributed by atoms with Gasteiger partial charge in [0, 0.05) is 17.0 Å². The lowest BCUT2D eigenvalue weighted by molar-refractivity contribution is -0.140. The number of benzene rings is 1. The molecule has 1 saturated heterocycles. The van der Waals surface area contributed by atoms with Crippen LogP contribution in [0.2, 0.25) is 0 Å². The summed E-state index contributed by atoms with van der Waals surface area (Å²) in [5.41, 5.74) is 0.503. The first kappa shape index (κ1) is 16.2. The van der Waals surface area contributed by atoms with Gasteiger partial charge in [-0.3, -0.25) is 14.4 Å². The van der Waals surface area contributed by atoms with Gasteiger partial charge >= 0.3 is 5.97 Å². The summed E-state index contributed by atoms with van der Waals surface area (Å²) >= 11 is 3.35. The second-order valence-electron chi connectivity index (χ2n) is 6.51. The highest BCUT2D eigenvalue weighted by Gasteiger charge is 2.59. The number of ether oxygens (including phenoxy) is 1. The molecule has 2 amide bonds. The monoisotopic (exact) mass is 402 g/mol. The number of fused-ring (bicyclic) bond motifs is 5. The molecular formula is C18H15BrN2O4. The lowest BCUT2D eigenvalue weighted by Gasteiger charge is -2.13. The number of rotatable bonds is 3. The topological polar surface area (TPSA) is 76.0 Å². The van der Waals surface area contributed by atoms with Crippen LogP contribution in [-0.4, -0.2) is 29.0 Å². The van der Waals surface area contributed by atoms with E-state index in [-0.39, 0.29) is 35.5 Å². The van der Waals surface area contributed by atoms with Gasteiger partial charge in [-0.05, 0) is 36.5 Å². The summed E-state index contributed by atoms with van der Waals surface area (Å²) in [6, 6.07) is 5.06. The van der Waals surface area contributed by atoms with Crippen LogP contribution < -0.4 is 4.74 Å². The number of hydrazone groups is 1. The molecule has 2 bridgehead atoms. The number of allylic oxidation sites excluding steroid dienone is 2. The molecule has 0 aromatic heterocycles. The summed E-state index contributed by atoms with van der Waals surface area (Å²) in [7, 11) is 0. The Morgan fingerprint density at radius 1 is 1.24 bits per heavy atom. The number of esters is 1. The third-order valence-corrected chi connectivity index (χ3v) is 5.48. The predicted molar refractivity (Wildman–Crippen MR) is 92.6 cm³/mol. The molecule has 0 spiro atoms. The Morgan fingerprint density at radius 3 is 2.48 bits per heavy atom. The Labute approximate surface area is 152 Å². The fourth-order valence-corrected chi connectivity index (χ4v) is 4.37. The third-order valence-electron chi connectivity index (χ3n) is 4.98. The SMILES string of the molecule is CC(=O)Oc1ccc(Br)cc1C=NN1C(=O)[C@@H]2[C@H](C1=O)[C@H]1C=C[C@H]2C1. The quantitative estimate of drug-likeness (QED) is 0.256. The van der Waals surface area contributed by atoms with Crippen LogP contribution in [0.4, 0.5) is 0 Å². The fourth-order valence-electron chi connectivity index (χ4n) is 3.99. The van der Waals surface area contributed by atoms with Gasteiger partial charge in [0.15, 0.2) is 0 Å². The molecule has 128 valence electrons. The van der Waals surface area contributed by atoms with Gasteiger partial charge in [-0.15, -0.1) is 0 Å². The van der Waals surface area contributed by atoms with Gasteiger partial charge in [0.25, 0.3) is 11.8 Å². The summed E-state index contributed by atoms with van der Waals surface area (Å²) in [6.07, 6.45) is 6.34. The summed E-state index contributed by atoms with van der Waals surface area (Å²) in [4.78, 5) is 36.4. The molecule has 1 saturated carbocycles. The van der Waals surface area contributed by atoms with E-state index >= 15 is 0 Å². The van der Waals surface area contributed by atoms with Crippen molar-refractivity contribution in [2.45, 2.75) is 13.3 Å². The van der Waals surface area contributed by atoms with E-state index in [2.05, 4.69) is 21.0 Å². The van der Waals surface area contributed by atoms with Crippen molar-refractivity contribution in [1.29, 1.82) is 0 Å². The minimum atomic E-state index is -0.456. The number of nitrogens with zero attached hydrogens (tertiary/aromatic N) is 2. The minimum absolute atomic E-state index is 0.147. The van der Waals surface area contributed by atoms with E-state index in [1.807, 2.05) is 12.2 Å². The molecule has 4 atom stereocenters. The molecular weight excluding hydrogens is 388 g/mol. The molecule has 1 aromatic carbocycles. The predicted octanol–water partition coefficient (Wildman–Crippen LogP) is 2.52. The van der Waals surface area contributed by atoms with Crippen LogP contribution in [-0.2, 0) is 14.4 Å². The summed E-state index contributed by atoms with van der Waals surface area (Å²) in [5.74, 6) is -0.893. The maximum absolute atomic E-state index is 12.6. The second-order valence-corrected chi connectivity index (χ2v) is 7.42. The highest BCUT2D eigenvalue weighted by Crippen LogP contribution is 2.52. The van der Waals surface area contributed by atoms with E-state index in [1.165, 1.54) is 13.1 Å². The normalized spacial score (nSPS) is 29.8. The van der Waals surface area contributed by atoms with Gasteiger partial charge in [-0.1, -0.05) is 28.1 Å². The molecule has 2 aliphatic carbocycles. The standard InChI is InChI=1S/C18H15BrN2O4/c1-9(22)25-14-5-4-13(19)7-12(14)8-20-21-17(23)15-10-2-3-11(6-10)16(15)18(21)24/h2-5,7-8,10-11,15-16H,6H2,1H3/t10-,11-,15-,16+/m0/s1. The van der Waals surface area contributed by atoms with E-state index in [4.69, 9.17) is 4.74 Å². The highest BCUT2D eigenvalue weighted by molar-refractivity contribution is 9.10. The number of imide groups is 1. The van der Waals surface area contributed by atoms with E-state index in [0.29, 0.717) is 11.3 Å². The zero-order valence-corrected chi connectivity index (χ0v) is 15.0. The van der Waals surface area contributed by atoms with Crippen molar-refractivity contribution in [3.8, 4) is 5.75 Å². The summed E-state index contributed by atoms with van der Waals surface area (Å²) in [6.45, 7) is 1.31. The molecule has 0 radical (unpaired) electrons. The third kappa shape index (κ3) is 2.63. The molecule has 0 unspecified atom stereocenters. The zero-order valence-electron chi connectivity index (χ0n) is 13.4. The summed E-state index contributed by atoms with van der Waals surface area (Å²) < 4.78 is 5.91. The molecule has 2 fully saturated rings. The first-order valence-electron chi connectivity index (χ1n) is 8.04. The van der Waals surface area contributed by atoms with Gasteiger partial charge in [-0.25, -0.2) is 0 Å². The van der Waals surface area contributed by atoms with Crippen LogP contribution in [0.25, 0.3) is 0 Å². The van der Waals surface area contributed by atoms with Crippen molar-refractivity contribution in [2.75, 3.05) is 0 Å². The lowest BCUT2D eigenvalue weighted by Crippen LogP contribution is -2.28. The Balaban J connectivity index is 1.61. The van der Waals surface area contributed by atoms with E-state index in [0.717, 1.165) is 15.9 Å². The number of carbonyl (C=O) groups is 3. The van der Waals surface area contributed by atoms with Crippen LogP contribution in [0, 0.1) is 23.7 Å². The van der Waals surface area contributed by atoms with E-state index in [1.54, 1.807) is 18.2 Å². The van der Waals surface area contributed by atoms with Crippen molar-refractivity contribution >= 4 is 39.9 Å². The molecule has 1 heterocycles. The smallest absolute Gasteiger partial charge is 0.308 e. The molecule has 6 nitrogen and oxygen atoms in total. The van der Waals surface area contributed by atoms with Crippen molar-refractivity contribution in [2.24, 2.45) is 28.8 Å². The number of hydrogen-bond donors (Lipinski definition) is 0. The fraction of sp³-hybridized carbons (Fsp3) is 0.333. The van der Waals surface area contributed by atoms with E-state index < -0.39 is 5.97 Å². The molecule has 1 aromatic rings. The minimum Gasteiger partial charge on any atom is -0.426 e. The number of carbonyl (C=O) groups excluding carboxylic acids is 3. The second kappa shape index (κ2) is 5.91. The number of halogens is 1. The Morgan fingerprint density at radius 2 is 1.88 bits per heavy atom. The maximum atomic E-state index is 12.6. The first-order chi connectivity index (χ1) is 12.0. The largest absolute Gasteiger partial charge is 0.426 e. The van der Waals surface area contributed by atoms with Gasteiger partial charge in [-0.2, -0.15) is 10.1 Å². The molecule has 3 aliphatic rings. The van der Waals surface area contributed by atoms with Crippen LogP contribution >= 0.6 is 15.9 Å². The number of hydrogen-bond acceptors (Lipinski definition) is 5. The molecule has 0 N–H and O–H groups in total. The van der Waals surface area contributed by atoms with Crippen LogP contribution in [0.5, 0.6) is 5.75 Å². The first-order valence-corrected chi connectivity index (χ1v) is 8.83. The summed E-state index contributed by atoms with van der Waals surface area (Å²) in [5, 5.41) is 5.09. The van der Waals surface area contributed by atoms with Crippen LogP contribution in [0.15, 0.2) is 39.9 Å². The highest BCUT2D eigenvalue weighted by atomic mass is 79.9. The number of amides is 2. The lowest BCUT2D eigenvalue weighted by atomic mass is 9.85. The molecule has 1 aliphatic heterocycles. The van der Waals surface area contributed by atoms with Crippen molar-refractivity contribution in [3.05, 3.63) is 40.4 Å².